The number of nitrogens with zero attached hydrogens (tertiary/aromatic N) is 2. The third-order valence-electron chi connectivity index (χ3n) is 4.78. The zero-order valence-corrected chi connectivity index (χ0v) is 15.0. The lowest BCUT2D eigenvalue weighted by Gasteiger charge is -2.04. The second-order valence-corrected chi connectivity index (χ2v) is 6.84. The molecule has 2 aromatic heterocycles. The van der Waals surface area contributed by atoms with Gasteiger partial charge in [-0.3, -0.25) is 0 Å². The van der Waals surface area contributed by atoms with E-state index in [1.54, 1.807) is 0 Å². The molecule has 0 saturated carbocycles. The number of hydrogen-bond donors (Lipinski definition) is 0. The van der Waals surface area contributed by atoms with E-state index in [-0.39, 0.29) is 0 Å². The maximum absolute atomic E-state index is 4.89. The van der Waals surface area contributed by atoms with Crippen LogP contribution in [0, 0.1) is 20.8 Å². The third-order valence-corrected chi connectivity index (χ3v) is 4.78. The van der Waals surface area contributed by atoms with Crippen LogP contribution in [-0.2, 0) is 6.42 Å². The number of fused-ring (bicyclic) bond motifs is 1. The maximum Gasteiger partial charge on any atom is 0.137 e. The van der Waals surface area contributed by atoms with Crippen molar-refractivity contribution in [3.8, 4) is 11.3 Å². The number of benzene rings is 2. The lowest BCUT2D eigenvalue weighted by Crippen LogP contribution is -1.92. The van der Waals surface area contributed by atoms with E-state index < -0.39 is 0 Å². The van der Waals surface area contributed by atoms with Gasteiger partial charge >= 0.3 is 0 Å². The molecule has 2 heteroatoms. The van der Waals surface area contributed by atoms with Gasteiger partial charge in [-0.1, -0.05) is 59.7 Å². The van der Waals surface area contributed by atoms with Gasteiger partial charge in [0.25, 0.3) is 0 Å². The molecule has 0 aliphatic carbocycles. The molecule has 0 unspecified atom stereocenters. The summed E-state index contributed by atoms with van der Waals surface area (Å²) in [5, 5.41) is 0. The van der Waals surface area contributed by atoms with Gasteiger partial charge in [-0.15, -0.1) is 0 Å². The van der Waals surface area contributed by atoms with Gasteiger partial charge in [-0.2, -0.15) is 0 Å². The van der Waals surface area contributed by atoms with E-state index in [1.165, 1.54) is 33.5 Å². The van der Waals surface area contributed by atoms with Crippen molar-refractivity contribution in [2.24, 2.45) is 0 Å². The first-order valence-corrected chi connectivity index (χ1v) is 8.70. The predicted octanol–water partition coefficient (Wildman–Crippen LogP) is 5.52. The van der Waals surface area contributed by atoms with E-state index in [2.05, 4.69) is 92.0 Å². The SMILES string of the molecule is Cc1ccc(Cc2ccn3c(C)c(-c4ccc(C)cc4)nc3c2)cc1. The van der Waals surface area contributed by atoms with Crippen molar-refractivity contribution in [1.82, 2.24) is 9.38 Å². The van der Waals surface area contributed by atoms with E-state index in [0.717, 1.165) is 17.8 Å². The molecule has 4 aromatic rings. The Hall–Kier alpha value is -2.87. The summed E-state index contributed by atoms with van der Waals surface area (Å²) in [5.74, 6) is 0. The summed E-state index contributed by atoms with van der Waals surface area (Å²) in [6, 6.07) is 21.7. The lowest BCUT2D eigenvalue weighted by atomic mass is 10.0. The van der Waals surface area contributed by atoms with Crippen LogP contribution in [0.4, 0.5) is 0 Å². The zero-order valence-electron chi connectivity index (χ0n) is 15.0. The number of pyridine rings is 1. The van der Waals surface area contributed by atoms with Crippen LogP contribution in [-0.4, -0.2) is 9.38 Å². The van der Waals surface area contributed by atoms with E-state index >= 15 is 0 Å². The second kappa shape index (κ2) is 6.21. The first-order chi connectivity index (χ1) is 12.1. The molecule has 0 spiro atoms. The largest absolute Gasteiger partial charge is 0.304 e. The average Bonchev–Trinajstić information content (AvgIpc) is 2.94. The van der Waals surface area contributed by atoms with Crippen LogP contribution >= 0.6 is 0 Å². The predicted molar refractivity (Wildman–Crippen MR) is 104 cm³/mol. The lowest BCUT2D eigenvalue weighted by molar-refractivity contribution is 1.08. The normalized spacial score (nSPS) is 11.2. The maximum atomic E-state index is 4.89. The summed E-state index contributed by atoms with van der Waals surface area (Å²) in [7, 11) is 0. The highest BCUT2D eigenvalue weighted by Crippen LogP contribution is 2.25. The van der Waals surface area contributed by atoms with Crippen molar-refractivity contribution in [1.29, 1.82) is 0 Å². The third kappa shape index (κ3) is 3.08. The van der Waals surface area contributed by atoms with Crippen LogP contribution in [0.15, 0.2) is 66.9 Å². The first-order valence-electron chi connectivity index (χ1n) is 8.70. The Morgan fingerprint density at radius 1 is 0.760 bits per heavy atom. The summed E-state index contributed by atoms with van der Waals surface area (Å²) in [5.41, 5.74) is 9.61. The van der Waals surface area contributed by atoms with E-state index in [0.29, 0.717) is 0 Å². The number of hydrogen-bond acceptors (Lipinski definition) is 1. The Labute approximate surface area is 148 Å². The molecule has 124 valence electrons. The Morgan fingerprint density at radius 3 is 2.08 bits per heavy atom. The van der Waals surface area contributed by atoms with Gasteiger partial charge in [0.1, 0.15) is 5.65 Å². The minimum Gasteiger partial charge on any atom is -0.304 e. The summed E-state index contributed by atoms with van der Waals surface area (Å²) in [6.45, 7) is 6.36. The highest BCUT2D eigenvalue weighted by molar-refractivity contribution is 5.66. The van der Waals surface area contributed by atoms with Crippen molar-refractivity contribution in [3.05, 3.63) is 94.8 Å². The first kappa shape index (κ1) is 15.6. The molecule has 2 nitrogen and oxygen atoms in total. The fraction of sp³-hybridized carbons (Fsp3) is 0.174. The molecule has 0 aliphatic rings. The Kier molecular flexibility index (Phi) is 3.89. The van der Waals surface area contributed by atoms with E-state index in [4.69, 9.17) is 4.98 Å². The molecule has 2 aromatic carbocycles. The van der Waals surface area contributed by atoms with Crippen LogP contribution in [0.25, 0.3) is 16.9 Å². The summed E-state index contributed by atoms with van der Waals surface area (Å²) in [6.07, 6.45) is 3.07. The zero-order chi connectivity index (χ0) is 17.4. The molecule has 4 rings (SSSR count). The molecule has 0 bridgehead atoms. The Bertz CT molecular complexity index is 1020. The number of rotatable bonds is 3. The highest BCUT2D eigenvalue weighted by Gasteiger charge is 2.10. The smallest absolute Gasteiger partial charge is 0.137 e. The van der Waals surface area contributed by atoms with Crippen LogP contribution < -0.4 is 0 Å². The highest BCUT2D eigenvalue weighted by atomic mass is 15.0. The molecule has 0 radical (unpaired) electrons. The average molecular weight is 326 g/mol. The van der Waals surface area contributed by atoms with Gasteiger partial charge in [0, 0.05) is 17.5 Å². The summed E-state index contributed by atoms with van der Waals surface area (Å²) >= 11 is 0. The van der Waals surface area contributed by atoms with Crippen LogP contribution in [0.1, 0.15) is 27.9 Å². The molecule has 0 fully saturated rings. The molecule has 0 atom stereocenters. The van der Waals surface area contributed by atoms with Crippen LogP contribution in [0.3, 0.4) is 0 Å². The van der Waals surface area contributed by atoms with Crippen molar-refractivity contribution < 1.29 is 0 Å². The van der Waals surface area contributed by atoms with Gasteiger partial charge in [-0.05, 0) is 50.5 Å². The van der Waals surface area contributed by atoms with Crippen molar-refractivity contribution in [2.75, 3.05) is 0 Å². The molecule has 25 heavy (non-hydrogen) atoms. The minimum atomic E-state index is 0.933. The van der Waals surface area contributed by atoms with Crippen LogP contribution in [0.2, 0.25) is 0 Å². The Morgan fingerprint density at radius 2 is 1.40 bits per heavy atom. The van der Waals surface area contributed by atoms with Gasteiger partial charge in [0.05, 0.1) is 5.69 Å². The number of imidazole rings is 1. The van der Waals surface area contributed by atoms with Crippen molar-refractivity contribution >= 4 is 5.65 Å². The van der Waals surface area contributed by atoms with Crippen LogP contribution in [0.5, 0.6) is 0 Å². The van der Waals surface area contributed by atoms with E-state index in [9.17, 15) is 0 Å². The van der Waals surface area contributed by atoms with Crippen molar-refractivity contribution in [2.45, 2.75) is 27.2 Å². The van der Waals surface area contributed by atoms with Crippen molar-refractivity contribution in [3.63, 3.8) is 0 Å². The topological polar surface area (TPSA) is 17.3 Å². The Balaban J connectivity index is 1.71. The molecule has 2 heterocycles. The molecule has 0 N–H and O–H groups in total. The van der Waals surface area contributed by atoms with Gasteiger partial charge in [-0.25, -0.2) is 4.98 Å². The quantitative estimate of drug-likeness (QED) is 0.485. The molecular weight excluding hydrogens is 304 g/mol. The molecular formula is C23H22N2. The summed E-state index contributed by atoms with van der Waals surface area (Å²) in [4.78, 5) is 4.89. The summed E-state index contributed by atoms with van der Waals surface area (Å²) < 4.78 is 2.17. The number of aryl methyl sites for hydroxylation is 3. The molecule has 0 saturated heterocycles. The minimum absolute atomic E-state index is 0.933. The van der Waals surface area contributed by atoms with Gasteiger partial charge in [0.2, 0.25) is 0 Å². The standard InChI is InChI=1S/C23H22N2/c1-16-4-8-19(9-5-16)14-20-12-13-25-18(3)23(24-22(25)15-20)21-10-6-17(2)7-11-21/h4-13,15H,14H2,1-3H3. The number of aromatic nitrogens is 2. The van der Waals surface area contributed by atoms with Gasteiger partial charge < -0.3 is 4.40 Å². The fourth-order valence-corrected chi connectivity index (χ4v) is 3.25. The molecule has 0 amide bonds. The van der Waals surface area contributed by atoms with Gasteiger partial charge in [0.15, 0.2) is 0 Å². The monoisotopic (exact) mass is 326 g/mol. The molecule has 0 aliphatic heterocycles. The fourth-order valence-electron chi connectivity index (χ4n) is 3.25. The second-order valence-electron chi connectivity index (χ2n) is 6.84. The van der Waals surface area contributed by atoms with E-state index in [1.807, 2.05) is 0 Å².